The van der Waals surface area contributed by atoms with Crippen molar-refractivity contribution in [2.24, 2.45) is 0 Å². The van der Waals surface area contributed by atoms with Crippen LogP contribution in [0.4, 0.5) is 0 Å². The van der Waals surface area contributed by atoms with Gasteiger partial charge in [-0.15, -0.1) is 12.4 Å². The van der Waals surface area contributed by atoms with E-state index in [9.17, 15) is 4.79 Å². The minimum absolute atomic E-state index is 0. The largest absolute Gasteiger partial charge is 0.480 e. The molecule has 7 nitrogen and oxygen atoms in total. The van der Waals surface area contributed by atoms with Gasteiger partial charge in [0.1, 0.15) is 6.04 Å². The molecule has 2 atom stereocenters. The van der Waals surface area contributed by atoms with Gasteiger partial charge in [-0.1, -0.05) is 0 Å². The van der Waals surface area contributed by atoms with Crippen molar-refractivity contribution in [1.82, 2.24) is 15.3 Å². The van der Waals surface area contributed by atoms with Crippen LogP contribution < -0.4 is 5.32 Å². The Morgan fingerprint density at radius 3 is 2.76 bits per heavy atom. The summed E-state index contributed by atoms with van der Waals surface area (Å²) in [6.07, 6.45) is 2.30. The van der Waals surface area contributed by atoms with E-state index in [0.29, 0.717) is 5.69 Å². The second kappa shape index (κ2) is 8.02. The van der Waals surface area contributed by atoms with Crippen LogP contribution in [0.5, 0.6) is 0 Å². The second-order valence-corrected chi connectivity index (χ2v) is 3.42. The maximum atomic E-state index is 10.9. The Bertz CT molecular complexity index is 320. The first-order chi connectivity index (χ1) is 7.63. The highest BCUT2D eigenvalue weighted by Crippen LogP contribution is 1.98. The van der Waals surface area contributed by atoms with E-state index in [1.807, 2.05) is 0 Å². The Morgan fingerprint density at radius 2 is 2.29 bits per heavy atom. The number of hydrogen-bond acceptors (Lipinski definition) is 5. The molecule has 1 aromatic heterocycles. The number of hydrogen-bond donors (Lipinski definition) is 5. The number of aliphatic hydroxyl groups is 2. The zero-order valence-electron chi connectivity index (χ0n) is 9.04. The van der Waals surface area contributed by atoms with Gasteiger partial charge < -0.3 is 25.6 Å². The number of carboxylic acids is 1. The van der Waals surface area contributed by atoms with Gasteiger partial charge in [0.15, 0.2) is 0 Å². The molecule has 0 bridgehead atoms. The second-order valence-electron chi connectivity index (χ2n) is 3.42. The SMILES string of the molecule is Cl.O=C(O)[C@H](Cc1cnc[nH]1)NCC(O)CO. The molecule has 8 heteroatoms. The predicted molar refractivity (Wildman–Crippen MR) is 62.1 cm³/mol. The number of imidazole rings is 1. The summed E-state index contributed by atoms with van der Waals surface area (Å²) in [5.74, 6) is -1.01. The first-order valence-corrected chi connectivity index (χ1v) is 4.86. The number of nitrogens with one attached hydrogen (secondary N) is 2. The van der Waals surface area contributed by atoms with E-state index in [1.165, 1.54) is 6.33 Å². The molecular formula is C9H16ClN3O4. The van der Waals surface area contributed by atoms with Gasteiger partial charge in [0.2, 0.25) is 0 Å². The summed E-state index contributed by atoms with van der Waals surface area (Å²) in [7, 11) is 0. The van der Waals surface area contributed by atoms with Crippen molar-refractivity contribution in [3.8, 4) is 0 Å². The highest BCUT2D eigenvalue weighted by atomic mass is 35.5. The van der Waals surface area contributed by atoms with E-state index in [0.717, 1.165) is 0 Å². The van der Waals surface area contributed by atoms with E-state index in [2.05, 4.69) is 15.3 Å². The first-order valence-electron chi connectivity index (χ1n) is 4.86. The Morgan fingerprint density at radius 1 is 1.59 bits per heavy atom. The highest BCUT2D eigenvalue weighted by Gasteiger charge is 2.18. The van der Waals surface area contributed by atoms with Gasteiger partial charge in [-0.2, -0.15) is 0 Å². The normalized spacial score (nSPS) is 13.8. The minimum atomic E-state index is -1.01. The van der Waals surface area contributed by atoms with Crippen molar-refractivity contribution in [1.29, 1.82) is 0 Å². The van der Waals surface area contributed by atoms with Crippen LogP contribution in [0.3, 0.4) is 0 Å². The Hall–Kier alpha value is -1.15. The molecule has 5 N–H and O–H groups in total. The van der Waals surface area contributed by atoms with Crippen molar-refractivity contribution in [3.05, 3.63) is 18.2 Å². The monoisotopic (exact) mass is 265 g/mol. The number of carboxylic acid groups (broad SMARTS) is 1. The number of carbonyl (C=O) groups is 1. The molecule has 17 heavy (non-hydrogen) atoms. The molecule has 0 aliphatic carbocycles. The van der Waals surface area contributed by atoms with Gasteiger partial charge in [-0.05, 0) is 0 Å². The molecule has 1 unspecified atom stereocenters. The van der Waals surface area contributed by atoms with Crippen LogP contribution in [0.2, 0.25) is 0 Å². The van der Waals surface area contributed by atoms with Gasteiger partial charge in [0.25, 0.3) is 0 Å². The van der Waals surface area contributed by atoms with E-state index in [4.69, 9.17) is 15.3 Å². The summed E-state index contributed by atoms with van der Waals surface area (Å²) in [6.45, 7) is -0.370. The number of nitrogens with zero attached hydrogens (tertiary/aromatic N) is 1. The van der Waals surface area contributed by atoms with Crippen LogP contribution in [0.1, 0.15) is 5.69 Å². The van der Waals surface area contributed by atoms with Crippen LogP contribution in [0.15, 0.2) is 12.5 Å². The molecule has 1 heterocycles. The lowest BCUT2D eigenvalue weighted by Gasteiger charge is -2.15. The number of rotatable bonds is 7. The van der Waals surface area contributed by atoms with Gasteiger partial charge in [-0.3, -0.25) is 4.79 Å². The van der Waals surface area contributed by atoms with Crippen LogP contribution in [0.25, 0.3) is 0 Å². The molecule has 0 saturated carbocycles. The van der Waals surface area contributed by atoms with Crippen molar-refractivity contribution in [2.75, 3.05) is 13.2 Å². The molecule has 0 aliphatic rings. The summed E-state index contributed by atoms with van der Waals surface area (Å²) in [5, 5.41) is 29.2. The average molecular weight is 266 g/mol. The van der Waals surface area contributed by atoms with Gasteiger partial charge in [0.05, 0.1) is 19.0 Å². The number of aromatic amines is 1. The Balaban J connectivity index is 0.00000256. The zero-order valence-corrected chi connectivity index (χ0v) is 9.85. The number of H-pyrrole nitrogens is 1. The molecule has 1 aromatic rings. The first kappa shape index (κ1) is 15.9. The minimum Gasteiger partial charge on any atom is -0.480 e. The Labute approximate surface area is 104 Å². The van der Waals surface area contributed by atoms with Crippen LogP contribution in [-0.2, 0) is 11.2 Å². The topological polar surface area (TPSA) is 118 Å². The standard InChI is InChI=1S/C9H15N3O4.ClH/c13-4-7(14)3-11-8(9(15)16)1-6-2-10-5-12-6;/h2,5,7-8,11,13-14H,1,3-4H2,(H,10,12)(H,15,16);1H/t7?,8-;/m0./s1. The fourth-order valence-electron chi connectivity index (χ4n) is 1.21. The summed E-state index contributed by atoms with van der Waals surface area (Å²) < 4.78 is 0. The molecule has 98 valence electrons. The van der Waals surface area contributed by atoms with Crippen LogP contribution in [-0.4, -0.2) is 56.6 Å². The van der Waals surface area contributed by atoms with E-state index >= 15 is 0 Å². The molecule has 0 aromatic carbocycles. The molecule has 0 spiro atoms. The average Bonchev–Trinajstić information content (AvgIpc) is 2.75. The number of halogens is 1. The third kappa shape index (κ3) is 5.64. The summed E-state index contributed by atoms with van der Waals surface area (Å²) >= 11 is 0. The smallest absolute Gasteiger partial charge is 0.321 e. The third-order valence-electron chi connectivity index (χ3n) is 2.09. The highest BCUT2D eigenvalue weighted by molar-refractivity contribution is 5.85. The molecular weight excluding hydrogens is 250 g/mol. The van der Waals surface area contributed by atoms with Crippen molar-refractivity contribution >= 4 is 18.4 Å². The van der Waals surface area contributed by atoms with E-state index in [1.54, 1.807) is 6.20 Å². The lowest BCUT2D eigenvalue weighted by Crippen LogP contribution is -2.43. The molecule has 0 saturated heterocycles. The summed E-state index contributed by atoms with van der Waals surface area (Å²) in [5.41, 5.74) is 0.693. The summed E-state index contributed by atoms with van der Waals surface area (Å²) in [4.78, 5) is 17.5. The number of aromatic nitrogens is 2. The summed E-state index contributed by atoms with van der Waals surface area (Å²) in [6, 6.07) is -0.818. The quantitative estimate of drug-likeness (QED) is 0.421. The lowest BCUT2D eigenvalue weighted by atomic mass is 10.1. The van der Waals surface area contributed by atoms with Crippen LogP contribution in [0, 0.1) is 0 Å². The molecule has 0 fully saturated rings. The molecule has 1 rings (SSSR count). The number of aliphatic carboxylic acids is 1. The van der Waals surface area contributed by atoms with Crippen LogP contribution >= 0.6 is 12.4 Å². The predicted octanol–water partition coefficient (Wildman–Crippen LogP) is -1.23. The van der Waals surface area contributed by atoms with Crippen molar-refractivity contribution < 1.29 is 20.1 Å². The molecule has 0 amide bonds. The fourth-order valence-corrected chi connectivity index (χ4v) is 1.21. The molecule has 0 aliphatic heterocycles. The number of aliphatic hydroxyl groups excluding tert-OH is 2. The zero-order chi connectivity index (χ0) is 12.0. The van der Waals surface area contributed by atoms with E-state index < -0.39 is 24.7 Å². The van der Waals surface area contributed by atoms with Gasteiger partial charge in [0, 0.05) is 24.9 Å². The van der Waals surface area contributed by atoms with Crippen molar-refractivity contribution in [3.63, 3.8) is 0 Å². The van der Waals surface area contributed by atoms with Gasteiger partial charge in [-0.25, -0.2) is 4.98 Å². The maximum Gasteiger partial charge on any atom is 0.321 e. The molecule has 0 radical (unpaired) electrons. The van der Waals surface area contributed by atoms with Gasteiger partial charge >= 0.3 is 5.97 Å². The lowest BCUT2D eigenvalue weighted by molar-refractivity contribution is -0.139. The Kier molecular flexibility index (Phi) is 7.47. The van der Waals surface area contributed by atoms with E-state index in [-0.39, 0.29) is 25.4 Å². The third-order valence-corrected chi connectivity index (χ3v) is 2.09. The van der Waals surface area contributed by atoms with Crippen molar-refractivity contribution in [2.45, 2.75) is 18.6 Å². The fraction of sp³-hybridized carbons (Fsp3) is 0.556. The maximum absolute atomic E-state index is 10.9.